The van der Waals surface area contributed by atoms with Crippen LogP contribution in [0.3, 0.4) is 0 Å². The van der Waals surface area contributed by atoms with Gasteiger partial charge in [0.2, 0.25) is 5.91 Å². The fourth-order valence-corrected chi connectivity index (χ4v) is 2.09. The highest BCUT2D eigenvalue weighted by molar-refractivity contribution is 5.97. The Morgan fingerprint density at radius 2 is 1.64 bits per heavy atom. The van der Waals surface area contributed by atoms with E-state index < -0.39 is 29.8 Å². The molecule has 0 heterocycles. The topological polar surface area (TPSA) is 109 Å². The van der Waals surface area contributed by atoms with Gasteiger partial charge in [-0.2, -0.15) is 0 Å². The van der Waals surface area contributed by atoms with Crippen LogP contribution in [-0.4, -0.2) is 23.9 Å². The minimum atomic E-state index is -1.54. The Morgan fingerprint density at radius 1 is 1.05 bits per heavy atom. The lowest BCUT2D eigenvalue weighted by atomic mass is 9.97. The monoisotopic (exact) mass is 305 g/mol. The normalized spacial score (nSPS) is 13.4. The van der Waals surface area contributed by atoms with Gasteiger partial charge >= 0.3 is 0 Å². The molecule has 0 aliphatic heterocycles. The fourth-order valence-electron chi connectivity index (χ4n) is 2.09. The Kier molecular flexibility index (Phi) is 6.56. The standard InChI is InChI=1S/C16H21NO5/c1-10(2)8-13(16(21)22)17-14(18)12(15(19)20)9-11-6-4-3-5-7-11/h3-7,10,12-13H,8-9H2,1-2H3,(H,17,18)(H,19,20)(H,21,22)/p-2. The van der Waals surface area contributed by atoms with Crippen molar-refractivity contribution in [3.05, 3.63) is 35.9 Å². The molecule has 6 heteroatoms. The molecule has 0 spiro atoms. The summed E-state index contributed by atoms with van der Waals surface area (Å²) >= 11 is 0. The largest absolute Gasteiger partial charge is 0.549 e. The number of nitrogens with one attached hydrogen (secondary N) is 1. The average molecular weight is 305 g/mol. The molecule has 0 fully saturated rings. The highest BCUT2D eigenvalue weighted by Crippen LogP contribution is 2.10. The molecule has 1 aromatic rings. The van der Waals surface area contributed by atoms with Crippen LogP contribution in [-0.2, 0) is 20.8 Å². The van der Waals surface area contributed by atoms with Crippen molar-refractivity contribution < 1.29 is 24.6 Å². The summed E-state index contributed by atoms with van der Waals surface area (Å²) < 4.78 is 0. The van der Waals surface area contributed by atoms with Crippen molar-refractivity contribution in [2.24, 2.45) is 11.8 Å². The van der Waals surface area contributed by atoms with Crippen molar-refractivity contribution in [2.75, 3.05) is 0 Å². The first-order chi connectivity index (χ1) is 10.3. The number of carbonyl (C=O) groups excluding carboxylic acids is 3. The second-order valence-corrected chi connectivity index (χ2v) is 5.57. The molecule has 22 heavy (non-hydrogen) atoms. The number of rotatable bonds is 8. The van der Waals surface area contributed by atoms with Crippen molar-refractivity contribution in [1.82, 2.24) is 5.32 Å². The lowest BCUT2D eigenvalue weighted by molar-refractivity contribution is -0.312. The molecule has 0 aromatic heterocycles. The van der Waals surface area contributed by atoms with Crippen LogP contribution in [0.2, 0.25) is 0 Å². The molecule has 1 amide bonds. The van der Waals surface area contributed by atoms with E-state index in [1.807, 2.05) is 0 Å². The number of hydrogen-bond acceptors (Lipinski definition) is 5. The van der Waals surface area contributed by atoms with Gasteiger partial charge in [0.15, 0.2) is 0 Å². The van der Waals surface area contributed by atoms with Crippen LogP contribution in [0.5, 0.6) is 0 Å². The summed E-state index contributed by atoms with van der Waals surface area (Å²) in [5, 5.41) is 24.4. The summed E-state index contributed by atoms with van der Waals surface area (Å²) in [5.41, 5.74) is 0.653. The van der Waals surface area contributed by atoms with Crippen molar-refractivity contribution in [3.8, 4) is 0 Å². The Bertz CT molecular complexity index is 527. The van der Waals surface area contributed by atoms with Gasteiger partial charge in [0.05, 0.1) is 23.9 Å². The maximum atomic E-state index is 12.1. The Labute approximate surface area is 129 Å². The second-order valence-electron chi connectivity index (χ2n) is 5.57. The van der Waals surface area contributed by atoms with E-state index in [-0.39, 0.29) is 18.8 Å². The summed E-state index contributed by atoms with van der Waals surface area (Å²) in [6, 6.07) is 7.38. The van der Waals surface area contributed by atoms with E-state index in [2.05, 4.69) is 5.32 Å². The molecule has 120 valence electrons. The van der Waals surface area contributed by atoms with E-state index in [1.54, 1.807) is 44.2 Å². The predicted octanol–water partition coefficient (Wildman–Crippen LogP) is -1.12. The zero-order chi connectivity index (χ0) is 16.7. The minimum Gasteiger partial charge on any atom is -0.549 e. The average Bonchev–Trinajstić information content (AvgIpc) is 2.44. The van der Waals surface area contributed by atoms with Gasteiger partial charge < -0.3 is 25.1 Å². The van der Waals surface area contributed by atoms with Gasteiger partial charge in [-0.05, 0) is 24.3 Å². The van der Waals surface area contributed by atoms with Crippen LogP contribution in [0.1, 0.15) is 25.8 Å². The van der Waals surface area contributed by atoms with Gasteiger partial charge in [-0.3, -0.25) is 4.79 Å². The molecule has 1 aromatic carbocycles. The summed E-state index contributed by atoms with van der Waals surface area (Å²) in [4.78, 5) is 34.3. The third-order valence-corrected chi connectivity index (χ3v) is 3.19. The van der Waals surface area contributed by atoms with E-state index in [4.69, 9.17) is 0 Å². The third-order valence-electron chi connectivity index (χ3n) is 3.19. The third kappa shape index (κ3) is 5.55. The maximum Gasteiger partial charge on any atom is 0.229 e. The van der Waals surface area contributed by atoms with E-state index >= 15 is 0 Å². The molecule has 0 aliphatic carbocycles. The van der Waals surface area contributed by atoms with Gasteiger partial charge in [-0.15, -0.1) is 0 Å². The van der Waals surface area contributed by atoms with Gasteiger partial charge in [0.1, 0.15) is 0 Å². The zero-order valence-electron chi connectivity index (χ0n) is 12.6. The maximum absolute atomic E-state index is 12.1. The molecular formula is C16H19NO5-2. The van der Waals surface area contributed by atoms with E-state index in [0.29, 0.717) is 5.56 Å². The van der Waals surface area contributed by atoms with Crippen LogP contribution in [0.4, 0.5) is 0 Å². The molecule has 6 nitrogen and oxygen atoms in total. The molecule has 0 bridgehead atoms. The molecule has 0 saturated heterocycles. The second kappa shape index (κ2) is 8.17. The van der Waals surface area contributed by atoms with Crippen molar-refractivity contribution in [2.45, 2.75) is 32.7 Å². The first kappa shape index (κ1) is 17.7. The van der Waals surface area contributed by atoms with E-state index in [9.17, 15) is 24.6 Å². The van der Waals surface area contributed by atoms with E-state index in [0.717, 1.165) is 0 Å². The number of carbonyl (C=O) groups is 3. The van der Waals surface area contributed by atoms with Gasteiger partial charge in [-0.25, -0.2) is 0 Å². The van der Waals surface area contributed by atoms with Gasteiger partial charge in [-0.1, -0.05) is 44.2 Å². The first-order valence-corrected chi connectivity index (χ1v) is 7.07. The minimum absolute atomic E-state index is 0.0127. The quantitative estimate of drug-likeness (QED) is 0.612. The van der Waals surface area contributed by atoms with Crippen molar-refractivity contribution in [1.29, 1.82) is 0 Å². The Balaban J connectivity index is 2.80. The molecule has 2 unspecified atom stereocenters. The Morgan fingerprint density at radius 3 is 2.09 bits per heavy atom. The number of aliphatic carboxylic acids is 2. The zero-order valence-corrected chi connectivity index (χ0v) is 12.6. The smallest absolute Gasteiger partial charge is 0.229 e. The summed E-state index contributed by atoms with van der Waals surface area (Å²) in [7, 11) is 0. The molecular weight excluding hydrogens is 286 g/mol. The molecule has 0 aliphatic rings. The van der Waals surface area contributed by atoms with Crippen LogP contribution in [0.25, 0.3) is 0 Å². The van der Waals surface area contributed by atoms with Crippen LogP contribution < -0.4 is 15.5 Å². The van der Waals surface area contributed by atoms with Gasteiger partial charge in [0, 0.05) is 0 Å². The molecule has 0 radical (unpaired) electrons. The number of hydrogen-bond donors (Lipinski definition) is 1. The number of carboxylic acid groups (broad SMARTS) is 2. The van der Waals surface area contributed by atoms with Crippen molar-refractivity contribution in [3.63, 3.8) is 0 Å². The lowest BCUT2D eigenvalue weighted by Crippen LogP contribution is -2.53. The summed E-state index contributed by atoms with van der Waals surface area (Å²) in [6.07, 6.45) is 0.107. The Hall–Kier alpha value is -2.37. The van der Waals surface area contributed by atoms with Crippen molar-refractivity contribution >= 4 is 17.8 Å². The summed E-state index contributed by atoms with van der Waals surface area (Å²) in [6.45, 7) is 3.59. The van der Waals surface area contributed by atoms with Gasteiger partial charge in [0.25, 0.3) is 0 Å². The predicted molar refractivity (Wildman–Crippen MR) is 75.0 cm³/mol. The molecule has 1 N–H and O–H groups in total. The van der Waals surface area contributed by atoms with Crippen LogP contribution in [0, 0.1) is 11.8 Å². The number of carboxylic acids is 2. The van der Waals surface area contributed by atoms with Crippen LogP contribution in [0.15, 0.2) is 30.3 Å². The molecule has 0 saturated carbocycles. The number of benzene rings is 1. The fraction of sp³-hybridized carbons (Fsp3) is 0.438. The SMILES string of the molecule is CC(C)CC(NC(=O)C(Cc1ccccc1)C(=O)[O-])C(=O)[O-]. The van der Waals surface area contributed by atoms with Crippen LogP contribution >= 0.6 is 0 Å². The lowest BCUT2D eigenvalue weighted by Gasteiger charge is -2.25. The highest BCUT2D eigenvalue weighted by atomic mass is 16.4. The summed E-state index contributed by atoms with van der Waals surface area (Å²) in [5.74, 6) is -5.28. The number of amides is 1. The van der Waals surface area contributed by atoms with E-state index in [1.165, 1.54) is 0 Å². The molecule has 1 rings (SSSR count). The molecule has 2 atom stereocenters. The first-order valence-electron chi connectivity index (χ1n) is 7.07. The highest BCUT2D eigenvalue weighted by Gasteiger charge is 2.24.